The Balaban J connectivity index is 2.19. The van der Waals surface area contributed by atoms with Crippen LogP contribution < -0.4 is 5.32 Å². The second-order valence-electron chi connectivity index (χ2n) is 2.63. The summed E-state index contributed by atoms with van der Waals surface area (Å²) in [6.45, 7) is 5.72. The van der Waals surface area contributed by atoms with Crippen LogP contribution in [0.25, 0.3) is 0 Å². The highest BCUT2D eigenvalue weighted by molar-refractivity contribution is 8.17. The van der Waals surface area contributed by atoms with Crippen LogP contribution >= 0.6 is 23.5 Å². The van der Waals surface area contributed by atoms with Crippen molar-refractivity contribution in [2.24, 2.45) is 0 Å². The summed E-state index contributed by atoms with van der Waals surface area (Å²) in [6.07, 6.45) is 1.38. The van der Waals surface area contributed by atoms with Crippen LogP contribution in [0.5, 0.6) is 0 Å². The second-order valence-corrected chi connectivity index (χ2v) is 5.76. The maximum atomic E-state index is 3.47. The molecule has 0 aliphatic carbocycles. The molecule has 0 aromatic rings. The summed E-state index contributed by atoms with van der Waals surface area (Å²) in [5.41, 5.74) is 0. The van der Waals surface area contributed by atoms with Gasteiger partial charge >= 0.3 is 0 Å². The van der Waals surface area contributed by atoms with Crippen molar-refractivity contribution in [3.8, 4) is 0 Å². The average molecular weight is 191 g/mol. The van der Waals surface area contributed by atoms with Gasteiger partial charge < -0.3 is 5.32 Å². The molecule has 1 nitrogen and oxygen atoms in total. The first-order valence-electron chi connectivity index (χ1n) is 4.35. The molecule has 3 heteroatoms. The van der Waals surface area contributed by atoms with Crippen LogP contribution in [0.3, 0.4) is 0 Å². The maximum absolute atomic E-state index is 3.47. The lowest BCUT2D eigenvalue weighted by Crippen LogP contribution is -2.48. The van der Waals surface area contributed by atoms with Crippen LogP contribution in [0.1, 0.15) is 20.3 Å². The summed E-state index contributed by atoms with van der Waals surface area (Å²) < 4.78 is 0.804. The number of hydrogen-bond donors (Lipinski definition) is 1. The standard InChI is InChI=1S/C8H17NS2/c1-3-10-8(11-4-2)7-5-6-9-7/h7-9H,3-6H2,1-2H3/t7-/m0/s1. The van der Waals surface area contributed by atoms with E-state index < -0.39 is 0 Å². The molecule has 1 rings (SSSR count). The van der Waals surface area contributed by atoms with Gasteiger partial charge in [0.2, 0.25) is 0 Å². The van der Waals surface area contributed by atoms with Gasteiger partial charge in [0.05, 0.1) is 4.58 Å². The van der Waals surface area contributed by atoms with Gasteiger partial charge in [0, 0.05) is 6.04 Å². The molecule has 1 N–H and O–H groups in total. The smallest absolute Gasteiger partial charge is 0.0655 e. The first-order chi connectivity index (χ1) is 5.38. The van der Waals surface area contributed by atoms with Crippen molar-refractivity contribution in [3.63, 3.8) is 0 Å². The van der Waals surface area contributed by atoms with E-state index in [0.717, 1.165) is 10.6 Å². The van der Waals surface area contributed by atoms with Crippen LogP contribution in [-0.4, -0.2) is 28.7 Å². The Labute approximate surface area is 78.1 Å². The predicted molar refractivity (Wildman–Crippen MR) is 56.5 cm³/mol. The third-order valence-electron chi connectivity index (χ3n) is 1.85. The molecule has 0 amide bonds. The van der Waals surface area contributed by atoms with E-state index in [9.17, 15) is 0 Å². The van der Waals surface area contributed by atoms with Crippen molar-refractivity contribution in [2.45, 2.75) is 30.9 Å². The van der Waals surface area contributed by atoms with Crippen molar-refractivity contribution in [1.29, 1.82) is 0 Å². The fourth-order valence-electron chi connectivity index (χ4n) is 1.15. The van der Waals surface area contributed by atoms with Crippen LogP contribution in [-0.2, 0) is 0 Å². The summed E-state index contributed by atoms with van der Waals surface area (Å²) in [4.78, 5) is 0. The van der Waals surface area contributed by atoms with Crippen molar-refractivity contribution >= 4 is 23.5 Å². The monoisotopic (exact) mass is 191 g/mol. The van der Waals surface area contributed by atoms with Gasteiger partial charge in [-0.25, -0.2) is 0 Å². The van der Waals surface area contributed by atoms with Gasteiger partial charge in [-0.05, 0) is 24.5 Å². The molecule has 1 aliphatic rings. The Morgan fingerprint density at radius 2 is 1.91 bits per heavy atom. The van der Waals surface area contributed by atoms with E-state index >= 15 is 0 Å². The van der Waals surface area contributed by atoms with E-state index in [0.29, 0.717) is 0 Å². The zero-order valence-electron chi connectivity index (χ0n) is 7.30. The highest BCUT2D eigenvalue weighted by atomic mass is 32.2. The first-order valence-corrected chi connectivity index (χ1v) is 6.44. The first kappa shape index (κ1) is 9.75. The molecule has 0 unspecified atom stereocenters. The van der Waals surface area contributed by atoms with Crippen LogP contribution in [0.2, 0.25) is 0 Å². The minimum absolute atomic E-state index is 0.796. The van der Waals surface area contributed by atoms with Crippen molar-refractivity contribution in [3.05, 3.63) is 0 Å². The molecule has 1 heterocycles. The van der Waals surface area contributed by atoms with Gasteiger partial charge in [0.25, 0.3) is 0 Å². The molecular weight excluding hydrogens is 174 g/mol. The summed E-state index contributed by atoms with van der Waals surface area (Å²) in [6, 6.07) is 0.796. The highest BCUT2D eigenvalue weighted by Gasteiger charge is 2.26. The number of thioether (sulfide) groups is 2. The Morgan fingerprint density at radius 1 is 1.36 bits per heavy atom. The van der Waals surface area contributed by atoms with Gasteiger partial charge in [-0.1, -0.05) is 13.8 Å². The van der Waals surface area contributed by atoms with Gasteiger partial charge in [-0.15, -0.1) is 23.5 Å². The zero-order valence-corrected chi connectivity index (χ0v) is 8.93. The van der Waals surface area contributed by atoms with E-state index in [1.165, 1.54) is 24.5 Å². The zero-order chi connectivity index (χ0) is 8.10. The maximum Gasteiger partial charge on any atom is 0.0655 e. The second kappa shape index (κ2) is 5.33. The van der Waals surface area contributed by atoms with Gasteiger partial charge in [0.15, 0.2) is 0 Å². The SMILES string of the molecule is CCSC(SCC)[C@@H]1CCN1. The average Bonchev–Trinajstić information content (AvgIpc) is 1.85. The third kappa shape index (κ3) is 2.88. The highest BCUT2D eigenvalue weighted by Crippen LogP contribution is 2.30. The lowest BCUT2D eigenvalue weighted by molar-refractivity contribution is 0.395. The van der Waals surface area contributed by atoms with Crippen molar-refractivity contribution in [2.75, 3.05) is 18.1 Å². The molecule has 11 heavy (non-hydrogen) atoms. The quantitative estimate of drug-likeness (QED) is 0.669. The van der Waals surface area contributed by atoms with E-state index in [-0.39, 0.29) is 0 Å². The molecule has 66 valence electrons. The minimum atomic E-state index is 0.796. The van der Waals surface area contributed by atoms with E-state index in [1.807, 2.05) is 0 Å². The summed E-state index contributed by atoms with van der Waals surface area (Å²) in [5, 5.41) is 3.47. The molecule has 0 saturated carbocycles. The lowest BCUT2D eigenvalue weighted by atomic mass is 10.1. The number of nitrogens with one attached hydrogen (secondary N) is 1. The molecule has 0 bridgehead atoms. The minimum Gasteiger partial charge on any atom is -0.312 e. The fourth-order valence-corrected chi connectivity index (χ4v) is 3.94. The van der Waals surface area contributed by atoms with Gasteiger partial charge in [0.1, 0.15) is 0 Å². The Hall–Kier alpha value is 0.660. The molecule has 0 aromatic heterocycles. The molecule has 0 radical (unpaired) electrons. The van der Waals surface area contributed by atoms with Gasteiger partial charge in [-0.3, -0.25) is 0 Å². The molecule has 0 aromatic carbocycles. The van der Waals surface area contributed by atoms with Crippen LogP contribution in [0, 0.1) is 0 Å². The molecule has 1 atom stereocenters. The molecule has 1 saturated heterocycles. The largest absolute Gasteiger partial charge is 0.312 e. The molecule has 0 spiro atoms. The Kier molecular flexibility index (Phi) is 4.72. The van der Waals surface area contributed by atoms with E-state index in [4.69, 9.17) is 0 Å². The fraction of sp³-hybridized carbons (Fsp3) is 1.00. The van der Waals surface area contributed by atoms with Crippen molar-refractivity contribution < 1.29 is 0 Å². The molecule has 1 aliphatic heterocycles. The Bertz CT molecular complexity index is 98.3. The van der Waals surface area contributed by atoms with Crippen LogP contribution in [0.4, 0.5) is 0 Å². The lowest BCUT2D eigenvalue weighted by Gasteiger charge is -2.34. The predicted octanol–water partition coefficient (Wildman–Crippen LogP) is 2.18. The number of hydrogen-bond acceptors (Lipinski definition) is 3. The van der Waals surface area contributed by atoms with Gasteiger partial charge in [-0.2, -0.15) is 0 Å². The summed E-state index contributed by atoms with van der Waals surface area (Å²) >= 11 is 4.17. The van der Waals surface area contributed by atoms with Crippen molar-refractivity contribution in [1.82, 2.24) is 5.32 Å². The normalized spacial score (nSPS) is 23.7. The third-order valence-corrected chi connectivity index (χ3v) is 4.65. The molecule has 1 fully saturated rings. The summed E-state index contributed by atoms with van der Waals surface area (Å²) in [5.74, 6) is 2.49. The molecular formula is C8H17NS2. The van der Waals surface area contributed by atoms with E-state index in [2.05, 4.69) is 42.7 Å². The Morgan fingerprint density at radius 3 is 2.18 bits per heavy atom. The number of rotatable bonds is 5. The van der Waals surface area contributed by atoms with Crippen LogP contribution in [0.15, 0.2) is 0 Å². The topological polar surface area (TPSA) is 12.0 Å². The summed E-state index contributed by atoms with van der Waals surface area (Å²) in [7, 11) is 0. The van der Waals surface area contributed by atoms with E-state index in [1.54, 1.807) is 0 Å².